The summed E-state index contributed by atoms with van der Waals surface area (Å²) in [6.07, 6.45) is 3.98. The molecule has 0 saturated heterocycles. The third-order valence-electron chi connectivity index (χ3n) is 2.73. The summed E-state index contributed by atoms with van der Waals surface area (Å²) in [6.45, 7) is 0.853. The fourth-order valence-corrected chi connectivity index (χ4v) is 1.81. The van der Waals surface area contributed by atoms with Gasteiger partial charge in [0.15, 0.2) is 0 Å². The zero-order valence-corrected chi connectivity index (χ0v) is 11.0. The quantitative estimate of drug-likeness (QED) is 0.468. The molecule has 1 amide bonds. The van der Waals surface area contributed by atoms with E-state index in [2.05, 4.69) is 15.1 Å². The Kier molecular flexibility index (Phi) is 7.53. The number of amides is 1. The maximum absolute atomic E-state index is 10.2. The molecule has 0 aliphatic rings. The minimum atomic E-state index is -0.955. The third-order valence-corrected chi connectivity index (χ3v) is 2.73. The molecule has 106 valence electrons. The van der Waals surface area contributed by atoms with Crippen molar-refractivity contribution in [3.63, 3.8) is 0 Å². The minimum absolute atomic E-state index is 0.328. The Bertz CT molecular complexity index is 385. The first kappa shape index (κ1) is 15.4. The van der Waals surface area contributed by atoms with Gasteiger partial charge >= 0.3 is 6.09 Å². The van der Waals surface area contributed by atoms with Crippen LogP contribution in [0.2, 0.25) is 0 Å². The zero-order chi connectivity index (χ0) is 13.9. The Balaban J connectivity index is 2.12. The van der Waals surface area contributed by atoms with Gasteiger partial charge in [-0.1, -0.05) is 18.9 Å². The van der Waals surface area contributed by atoms with Gasteiger partial charge in [-0.15, -0.1) is 0 Å². The van der Waals surface area contributed by atoms with Crippen LogP contribution in [0.1, 0.15) is 37.1 Å². The van der Waals surface area contributed by atoms with E-state index in [1.165, 1.54) is 0 Å². The predicted octanol–water partition coefficient (Wildman–Crippen LogP) is 1.84. The second kappa shape index (κ2) is 9.29. The molecule has 4 N–H and O–H groups in total. The van der Waals surface area contributed by atoms with E-state index in [4.69, 9.17) is 11.0 Å². The molecule has 0 saturated carbocycles. The van der Waals surface area contributed by atoms with Gasteiger partial charge in [-0.25, -0.2) is 10.7 Å². The molecule has 1 rings (SSSR count). The van der Waals surface area contributed by atoms with Gasteiger partial charge in [-0.2, -0.15) is 0 Å². The number of carbonyl (C=O) groups is 1. The summed E-state index contributed by atoms with van der Waals surface area (Å²) in [5.74, 6) is 5.01. The van der Waals surface area contributed by atoms with Crippen LogP contribution in [0.5, 0.6) is 0 Å². The van der Waals surface area contributed by atoms with Crippen molar-refractivity contribution < 1.29 is 14.7 Å². The van der Waals surface area contributed by atoms with Gasteiger partial charge in [0.05, 0.1) is 5.69 Å². The standard InChI is InChI=1S/C13H21N3O3/c14-19-10-12-8-5-7-11(16-12)6-3-1-2-4-9-15-13(17)18/h5,7-8,15H,1-4,6,9-10,14H2,(H,17,18). The minimum Gasteiger partial charge on any atom is -0.465 e. The van der Waals surface area contributed by atoms with E-state index >= 15 is 0 Å². The summed E-state index contributed by atoms with van der Waals surface area (Å²) in [6, 6.07) is 5.83. The molecule has 0 fully saturated rings. The van der Waals surface area contributed by atoms with E-state index in [1.807, 2.05) is 18.2 Å². The van der Waals surface area contributed by atoms with Crippen LogP contribution in [0.15, 0.2) is 18.2 Å². The van der Waals surface area contributed by atoms with Crippen molar-refractivity contribution in [2.24, 2.45) is 5.90 Å². The van der Waals surface area contributed by atoms with E-state index in [0.717, 1.165) is 43.5 Å². The van der Waals surface area contributed by atoms with Gasteiger partial charge in [0.2, 0.25) is 0 Å². The summed E-state index contributed by atoms with van der Waals surface area (Å²) < 4.78 is 0. The molecule has 0 radical (unpaired) electrons. The number of nitrogens with zero attached hydrogens (tertiary/aromatic N) is 1. The number of hydrogen-bond acceptors (Lipinski definition) is 4. The lowest BCUT2D eigenvalue weighted by Gasteiger charge is -2.04. The van der Waals surface area contributed by atoms with E-state index in [0.29, 0.717) is 13.2 Å². The number of aromatic nitrogens is 1. The highest BCUT2D eigenvalue weighted by molar-refractivity contribution is 5.64. The number of nitrogens with two attached hydrogens (primary N) is 1. The summed E-state index contributed by atoms with van der Waals surface area (Å²) in [4.78, 5) is 19.2. The number of nitrogens with one attached hydrogen (secondary N) is 1. The monoisotopic (exact) mass is 267 g/mol. The van der Waals surface area contributed by atoms with Crippen LogP contribution < -0.4 is 11.2 Å². The zero-order valence-electron chi connectivity index (χ0n) is 11.0. The van der Waals surface area contributed by atoms with Crippen LogP contribution in [-0.2, 0) is 17.9 Å². The molecule has 0 atom stereocenters. The Morgan fingerprint density at radius 3 is 2.74 bits per heavy atom. The van der Waals surface area contributed by atoms with Gasteiger partial charge < -0.3 is 10.4 Å². The molecule has 1 aromatic heterocycles. The SMILES string of the molecule is NOCc1cccc(CCCCCCNC(=O)O)n1. The average Bonchev–Trinajstić information content (AvgIpc) is 2.38. The van der Waals surface area contributed by atoms with Crippen molar-refractivity contribution in [1.82, 2.24) is 10.3 Å². The van der Waals surface area contributed by atoms with Crippen molar-refractivity contribution in [2.75, 3.05) is 6.54 Å². The fourth-order valence-electron chi connectivity index (χ4n) is 1.81. The lowest BCUT2D eigenvalue weighted by Crippen LogP contribution is -2.21. The van der Waals surface area contributed by atoms with E-state index < -0.39 is 6.09 Å². The van der Waals surface area contributed by atoms with Gasteiger partial charge in [0, 0.05) is 12.2 Å². The molecule has 0 spiro atoms. The lowest BCUT2D eigenvalue weighted by atomic mass is 10.1. The van der Waals surface area contributed by atoms with Crippen molar-refractivity contribution in [3.05, 3.63) is 29.6 Å². The summed E-state index contributed by atoms with van der Waals surface area (Å²) >= 11 is 0. The molecule has 0 aliphatic heterocycles. The van der Waals surface area contributed by atoms with E-state index in [1.54, 1.807) is 0 Å². The maximum Gasteiger partial charge on any atom is 0.404 e. The average molecular weight is 267 g/mol. The molecule has 19 heavy (non-hydrogen) atoms. The molecular formula is C13H21N3O3. The fraction of sp³-hybridized carbons (Fsp3) is 0.538. The van der Waals surface area contributed by atoms with Gasteiger partial charge in [-0.05, 0) is 31.4 Å². The summed E-state index contributed by atoms with van der Waals surface area (Å²) in [5.41, 5.74) is 1.88. The van der Waals surface area contributed by atoms with Crippen LogP contribution in [0.4, 0.5) is 4.79 Å². The first-order valence-electron chi connectivity index (χ1n) is 6.45. The van der Waals surface area contributed by atoms with Crippen molar-refractivity contribution in [3.8, 4) is 0 Å². The number of aryl methyl sites for hydroxylation is 1. The van der Waals surface area contributed by atoms with Crippen molar-refractivity contribution in [1.29, 1.82) is 0 Å². The van der Waals surface area contributed by atoms with Crippen molar-refractivity contribution >= 4 is 6.09 Å². The molecule has 1 heterocycles. The number of hydrogen-bond donors (Lipinski definition) is 3. The van der Waals surface area contributed by atoms with Crippen molar-refractivity contribution in [2.45, 2.75) is 38.7 Å². The molecule has 6 nitrogen and oxygen atoms in total. The Labute approximate surface area is 112 Å². The first-order chi connectivity index (χ1) is 9.22. The van der Waals surface area contributed by atoms with Gasteiger partial charge in [0.1, 0.15) is 6.61 Å². The molecule has 6 heteroatoms. The Hall–Kier alpha value is -1.66. The van der Waals surface area contributed by atoms with E-state index in [9.17, 15) is 4.79 Å². The van der Waals surface area contributed by atoms with E-state index in [-0.39, 0.29) is 0 Å². The lowest BCUT2D eigenvalue weighted by molar-refractivity contribution is 0.121. The highest BCUT2D eigenvalue weighted by Gasteiger charge is 1.99. The van der Waals surface area contributed by atoms with Crippen LogP contribution in [0.25, 0.3) is 0 Å². The molecule has 0 aliphatic carbocycles. The maximum atomic E-state index is 10.2. The molecule has 0 bridgehead atoms. The van der Waals surface area contributed by atoms with Crippen LogP contribution in [-0.4, -0.2) is 22.7 Å². The number of carboxylic acid groups (broad SMARTS) is 1. The summed E-state index contributed by atoms with van der Waals surface area (Å²) in [5, 5.41) is 10.8. The van der Waals surface area contributed by atoms with Crippen LogP contribution in [0.3, 0.4) is 0 Å². The smallest absolute Gasteiger partial charge is 0.404 e. The predicted molar refractivity (Wildman–Crippen MR) is 71.4 cm³/mol. The Morgan fingerprint density at radius 1 is 1.26 bits per heavy atom. The number of unbranched alkanes of at least 4 members (excludes halogenated alkanes) is 3. The number of rotatable bonds is 9. The topological polar surface area (TPSA) is 97.5 Å². The molecule has 1 aromatic rings. The van der Waals surface area contributed by atoms with Crippen LogP contribution >= 0.6 is 0 Å². The second-order valence-electron chi connectivity index (χ2n) is 4.33. The van der Waals surface area contributed by atoms with Gasteiger partial charge in [0.25, 0.3) is 0 Å². The molecular weight excluding hydrogens is 246 g/mol. The normalized spacial score (nSPS) is 10.4. The van der Waals surface area contributed by atoms with Crippen LogP contribution in [0, 0.1) is 0 Å². The first-order valence-corrected chi connectivity index (χ1v) is 6.45. The Morgan fingerprint density at radius 2 is 2.00 bits per heavy atom. The largest absolute Gasteiger partial charge is 0.465 e. The molecule has 0 aromatic carbocycles. The number of pyridine rings is 1. The second-order valence-corrected chi connectivity index (χ2v) is 4.33. The third kappa shape index (κ3) is 7.38. The molecule has 0 unspecified atom stereocenters. The highest BCUT2D eigenvalue weighted by atomic mass is 16.6. The summed E-state index contributed by atoms with van der Waals surface area (Å²) in [7, 11) is 0. The van der Waals surface area contributed by atoms with Gasteiger partial charge in [-0.3, -0.25) is 9.82 Å². The highest BCUT2D eigenvalue weighted by Crippen LogP contribution is 2.07.